The summed E-state index contributed by atoms with van der Waals surface area (Å²) >= 11 is 0. The molecule has 1 aliphatic rings. The highest BCUT2D eigenvalue weighted by atomic mass is 16.4. The van der Waals surface area contributed by atoms with Crippen LogP contribution in [0.15, 0.2) is 10.6 Å². The van der Waals surface area contributed by atoms with E-state index in [1.54, 1.807) is 0 Å². The van der Waals surface area contributed by atoms with Crippen LogP contribution in [0.5, 0.6) is 0 Å². The van der Waals surface area contributed by atoms with E-state index in [-0.39, 0.29) is 0 Å². The predicted octanol–water partition coefficient (Wildman–Crippen LogP) is 2.37. The molecule has 1 fully saturated rings. The van der Waals surface area contributed by atoms with E-state index in [9.17, 15) is 0 Å². The Bertz CT molecular complexity index is 364. The molecule has 4 heteroatoms. The monoisotopic (exact) mass is 251 g/mol. The first-order chi connectivity index (χ1) is 8.74. The topological polar surface area (TPSA) is 41.3 Å². The average molecular weight is 251 g/mol. The first kappa shape index (κ1) is 13.6. The van der Waals surface area contributed by atoms with Crippen molar-refractivity contribution >= 4 is 0 Å². The summed E-state index contributed by atoms with van der Waals surface area (Å²) in [6, 6.07) is 0.821. The minimum absolute atomic E-state index is 0.391. The van der Waals surface area contributed by atoms with Crippen molar-refractivity contribution in [3.63, 3.8) is 0 Å². The lowest BCUT2D eigenvalue weighted by Crippen LogP contribution is -2.33. The molecule has 2 unspecified atom stereocenters. The number of oxazole rings is 1. The van der Waals surface area contributed by atoms with E-state index >= 15 is 0 Å². The van der Waals surface area contributed by atoms with Crippen molar-refractivity contribution in [1.82, 2.24) is 15.2 Å². The SMILES string of the molecule is CCN1CCCCC1c1ncc(CC(C)NC)o1. The zero-order chi connectivity index (χ0) is 13.0. The van der Waals surface area contributed by atoms with Gasteiger partial charge in [-0.05, 0) is 39.9 Å². The van der Waals surface area contributed by atoms with Crippen molar-refractivity contribution in [3.05, 3.63) is 17.8 Å². The number of rotatable bonds is 5. The van der Waals surface area contributed by atoms with E-state index in [1.807, 2.05) is 13.2 Å². The van der Waals surface area contributed by atoms with Crippen LogP contribution < -0.4 is 5.32 Å². The molecule has 1 aromatic rings. The molecule has 0 aliphatic carbocycles. The number of nitrogens with one attached hydrogen (secondary N) is 1. The van der Waals surface area contributed by atoms with Crippen LogP contribution in [0.1, 0.15) is 50.8 Å². The van der Waals surface area contributed by atoms with E-state index in [2.05, 4.69) is 29.0 Å². The van der Waals surface area contributed by atoms with E-state index in [1.165, 1.54) is 25.8 Å². The lowest BCUT2D eigenvalue weighted by molar-refractivity contribution is 0.131. The van der Waals surface area contributed by atoms with Crippen LogP contribution in [0.25, 0.3) is 0 Å². The standard InChI is InChI=1S/C14H25N3O/c1-4-17-8-6-5-7-13(17)14-16-10-12(18-14)9-11(2)15-3/h10-11,13,15H,4-9H2,1-3H3. The van der Waals surface area contributed by atoms with Crippen molar-refractivity contribution in [1.29, 1.82) is 0 Å². The minimum Gasteiger partial charge on any atom is -0.444 e. The second-order valence-electron chi connectivity index (χ2n) is 5.20. The molecule has 1 aromatic heterocycles. The molecule has 0 aromatic carbocycles. The van der Waals surface area contributed by atoms with E-state index in [4.69, 9.17) is 4.42 Å². The second-order valence-corrected chi connectivity index (χ2v) is 5.20. The molecule has 2 heterocycles. The molecule has 0 amide bonds. The van der Waals surface area contributed by atoms with Gasteiger partial charge < -0.3 is 9.73 Å². The predicted molar refractivity (Wildman–Crippen MR) is 72.6 cm³/mol. The zero-order valence-electron chi connectivity index (χ0n) is 11.8. The lowest BCUT2D eigenvalue weighted by atomic mass is 10.0. The number of piperidine rings is 1. The fourth-order valence-corrected chi connectivity index (χ4v) is 2.62. The molecule has 1 aliphatic heterocycles. The van der Waals surface area contributed by atoms with Crippen LogP contribution in [0, 0.1) is 0 Å². The summed E-state index contributed by atoms with van der Waals surface area (Å²) in [7, 11) is 1.97. The number of nitrogens with zero attached hydrogens (tertiary/aromatic N) is 2. The number of hydrogen-bond donors (Lipinski definition) is 1. The van der Waals surface area contributed by atoms with Crippen LogP contribution in [0.2, 0.25) is 0 Å². The Balaban J connectivity index is 2.03. The van der Waals surface area contributed by atoms with Crippen LogP contribution in [0.3, 0.4) is 0 Å². The highest BCUT2D eigenvalue weighted by Crippen LogP contribution is 2.30. The molecule has 0 bridgehead atoms. The van der Waals surface area contributed by atoms with Gasteiger partial charge in [-0.1, -0.05) is 13.3 Å². The Labute approximate surface area is 110 Å². The number of hydrogen-bond acceptors (Lipinski definition) is 4. The van der Waals surface area contributed by atoms with Crippen molar-refractivity contribution < 1.29 is 4.42 Å². The van der Waals surface area contributed by atoms with Gasteiger partial charge in [0.2, 0.25) is 5.89 Å². The van der Waals surface area contributed by atoms with Gasteiger partial charge in [-0.15, -0.1) is 0 Å². The fraction of sp³-hybridized carbons (Fsp3) is 0.786. The molecule has 102 valence electrons. The van der Waals surface area contributed by atoms with E-state index in [0.717, 1.165) is 24.6 Å². The van der Waals surface area contributed by atoms with Crippen molar-refractivity contribution in [2.45, 2.75) is 51.6 Å². The third-order valence-electron chi connectivity index (χ3n) is 3.88. The smallest absolute Gasteiger partial charge is 0.211 e. The van der Waals surface area contributed by atoms with Gasteiger partial charge in [0.1, 0.15) is 5.76 Å². The first-order valence-electron chi connectivity index (χ1n) is 7.10. The summed E-state index contributed by atoms with van der Waals surface area (Å²) in [6.45, 7) is 6.62. The van der Waals surface area contributed by atoms with Crippen LogP contribution in [-0.2, 0) is 6.42 Å². The van der Waals surface area contributed by atoms with Gasteiger partial charge in [0, 0.05) is 12.5 Å². The summed E-state index contributed by atoms with van der Waals surface area (Å²) < 4.78 is 5.93. The normalized spacial score (nSPS) is 23.2. The Morgan fingerprint density at radius 3 is 3.11 bits per heavy atom. The fourth-order valence-electron chi connectivity index (χ4n) is 2.62. The molecule has 4 nitrogen and oxygen atoms in total. The van der Waals surface area contributed by atoms with Gasteiger partial charge in [-0.25, -0.2) is 4.98 Å². The molecule has 1 N–H and O–H groups in total. The van der Waals surface area contributed by atoms with Crippen LogP contribution in [-0.4, -0.2) is 36.1 Å². The molecule has 1 saturated heterocycles. The van der Waals surface area contributed by atoms with Gasteiger partial charge in [0.25, 0.3) is 0 Å². The van der Waals surface area contributed by atoms with Crippen molar-refractivity contribution in [2.24, 2.45) is 0 Å². The summed E-state index contributed by atoms with van der Waals surface area (Å²) in [4.78, 5) is 6.96. The summed E-state index contributed by atoms with van der Waals surface area (Å²) in [5.41, 5.74) is 0. The molecule has 0 spiro atoms. The van der Waals surface area contributed by atoms with Crippen LogP contribution >= 0.6 is 0 Å². The van der Waals surface area contributed by atoms with Crippen molar-refractivity contribution in [3.8, 4) is 0 Å². The first-order valence-corrected chi connectivity index (χ1v) is 7.10. The number of likely N-dealkylation sites (N-methyl/N-ethyl adjacent to an activating group) is 1. The number of aromatic nitrogens is 1. The third-order valence-corrected chi connectivity index (χ3v) is 3.88. The van der Waals surface area contributed by atoms with Gasteiger partial charge in [0.05, 0.1) is 12.2 Å². The quantitative estimate of drug-likeness (QED) is 0.872. The van der Waals surface area contributed by atoms with Gasteiger partial charge in [0.15, 0.2) is 0 Å². The average Bonchev–Trinajstić information content (AvgIpc) is 2.86. The molecular weight excluding hydrogens is 226 g/mol. The number of likely N-dealkylation sites (tertiary alicyclic amines) is 1. The highest BCUT2D eigenvalue weighted by Gasteiger charge is 2.26. The molecule has 18 heavy (non-hydrogen) atoms. The van der Waals surface area contributed by atoms with E-state index in [0.29, 0.717) is 12.1 Å². The maximum Gasteiger partial charge on any atom is 0.211 e. The van der Waals surface area contributed by atoms with Crippen molar-refractivity contribution in [2.75, 3.05) is 20.1 Å². The molecule has 0 radical (unpaired) electrons. The summed E-state index contributed by atoms with van der Waals surface area (Å²) in [5, 5.41) is 3.22. The Morgan fingerprint density at radius 1 is 1.56 bits per heavy atom. The van der Waals surface area contributed by atoms with Crippen LogP contribution in [0.4, 0.5) is 0 Å². The maximum absolute atomic E-state index is 5.93. The van der Waals surface area contributed by atoms with Gasteiger partial charge >= 0.3 is 0 Å². The maximum atomic E-state index is 5.93. The summed E-state index contributed by atoms with van der Waals surface area (Å²) in [5.74, 6) is 1.91. The second kappa shape index (κ2) is 6.34. The van der Waals surface area contributed by atoms with Gasteiger partial charge in [-0.3, -0.25) is 4.90 Å². The summed E-state index contributed by atoms with van der Waals surface area (Å²) in [6.07, 6.45) is 6.56. The molecule has 2 atom stereocenters. The highest BCUT2D eigenvalue weighted by molar-refractivity contribution is 5.01. The Morgan fingerprint density at radius 2 is 2.39 bits per heavy atom. The Hall–Kier alpha value is -0.870. The Kier molecular flexibility index (Phi) is 4.78. The lowest BCUT2D eigenvalue weighted by Gasteiger charge is -2.32. The molecule has 0 saturated carbocycles. The van der Waals surface area contributed by atoms with E-state index < -0.39 is 0 Å². The van der Waals surface area contributed by atoms with Gasteiger partial charge in [-0.2, -0.15) is 0 Å². The zero-order valence-corrected chi connectivity index (χ0v) is 11.8. The third kappa shape index (κ3) is 3.12. The minimum atomic E-state index is 0.391. The largest absolute Gasteiger partial charge is 0.444 e. The molecule has 2 rings (SSSR count). The molecular formula is C14H25N3O.